The SMILES string of the molecule is CCn1cc(C(=O)NCCCc2cnc3cc(C)nn3c2)c(=O)c2ccc(C)nc21. The van der Waals surface area contributed by atoms with E-state index in [1.54, 1.807) is 22.8 Å². The molecule has 1 N–H and O–H groups in total. The molecule has 4 aromatic rings. The highest BCUT2D eigenvalue weighted by Crippen LogP contribution is 2.11. The minimum Gasteiger partial charge on any atom is -0.352 e. The topological polar surface area (TPSA) is 94.2 Å². The fourth-order valence-electron chi connectivity index (χ4n) is 3.52. The van der Waals surface area contributed by atoms with Gasteiger partial charge in [-0.05, 0) is 51.3 Å². The van der Waals surface area contributed by atoms with Gasteiger partial charge in [0.15, 0.2) is 5.65 Å². The maximum Gasteiger partial charge on any atom is 0.256 e. The van der Waals surface area contributed by atoms with Crippen LogP contribution in [-0.4, -0.2) is 36.6 Å². The van der Waals surface area contributed by atoms with E-state index in [-0.39, 0.29) is 16.9 Å². The molecular formula is C22H24N6O2. The first-order valence-corrected chi connectivity index (χ1v) is 10.1. The highest BCUT2D eigenvalue weighted by Gasteiger charge is 2.15. The number of rotatable bonds is 6. The molecule has 0 bridgehead atoms. The monoisotopic (exact) mass is 404 g/mol. The van der Waals surface area contributed by atoms with Gasteiger partial charge >= 0.3 is 0 Å². The summed E-state index contributed by atoms with van der Waals surface area (Å²) in [6.45, 7) is 6.86. The lowest BCUT2D eigenvalue weighted by atomic mass is 10.1. The van der Waals surface area contributed by atoms with Crippen molar-refractivity contribution in [2.24, 2.45) is 0 Å². The smallest absolute Gasteiger partial charge is 0.256 e. The third-order valence-corrected chi connectivity index (χ3v) is 5.06. The molecule has 0 saturated carbocycles. The van der Waals surface area contributed by atoms with Gasteiger partial charge in [-0.15, -0.1) is 0 Å². The van der Waals surface area contributed by atoms with E-state index in [4.69, 9.17) is 0 Å². The Morgan fingerprint density at radius 2 is 2.00 bits per heavy atom. The van der Waals surface area contributed by atoms with Crippen LogP contribution in [0, 0.1) is 13.8 Å². The molecule has 0 aromatic carbocycles. The van der Waals surface area contributed by atoms with E-state index in [0.29, 0.717) is 24.1 Å². The molecule has 0 radical (unpaired) electrons. The van der Waals surface area contributed by atoms with E-state index < -0.39 is 0 Å². The molecule has 0 aliphatic carbocycles. The van der Waals surface area contributed by atoms with Crippen LogP contribution in [-0.2, 0) is 13.0 Å². The summed E-state index contributed by atoms with van der Waals surface area (Å²) in [5.74, 6) is -0.360. The minimum absolute atomic E-state index is 0.144. The number of hydrogen-bond acceptors (Lipinski definition) is 5. The third kappa shape index (κ3) is 3.80. The van der Waals surface area contributed by atoms with Gasteiger partial charge in [-0.1, -0.05) is 0 Å². The zero-order valence-electron chi connectivity index (χ0n) is 17.3. The lowest BCUT2D eigenvalue weighted by molar-refractivity contribution is 0.0951. The second-order valence-electron chi connectivity index (χ2n) is 7.39. The van der Waals surface area contributed by atoms with Gasteiger partial charge in [0.25, 0.3) is 5.91 Å². The van der Waals surface area contributed by atoms with Crippen LogP contribution in [0.15, 0.2) is 41.6 Å². The molecule has 30 heavy (non-hydrogen) atoms. The Labute approximate surface area is 173 Å². The largest absolute Gasteiger partial charge is 0.352 e. The fourth-order valence-corrected chi connectivity index (χ4v) is 3.52. The van der Waals surface area contributed by atoms with Crippen molar-refractivity contribution in [3.63, 3.8) is 0 Å². The first kappa shape index (κ1) is 19.8. The molecule has 1 amide bonds. The molecule has 4 heterocycles. The Balaban J connectivity index is 1.44. The number of fused-ring (bicyclic) bond motifs is 2. The van der Waals surface area contributed by atoms with Crippen molar-refractivity contribution in [2.75, 3.05) is 6.54 Å². The fraction of sp³-hybridized carbons (Fsp3) is 0.318. The second kappa shape index (κ2) is 8.06. The van der Waals surface area contributed by atoms with Crippen LogP contribution < -0.4 is 10.7 Å². The summed E-state index contributed by atoms with van der Waals surface area (Å²) < 4.78 is 3.60. The summed E-state index contributed by atoms with van der Waals surface area (Å²) in [4.78, 5) is 34.3. The molecule has 8 nitrogen and oxygen atoms in total. The van der Waals surface area contributed by atoms with Crippen molar-refractivity contribution in [3.8, 4) is 0 Å². The number of aromatic nitrogens is 5. The quantitative estimate of drug-likeness (QED) is 0.498. The summed E-state index contributed by atoms with van der Waals surface area (Å²) in [5, 5.41) is 7.69. The van der Waals surface area contributed by atoms with Crippen molar-refractivity contribution in [1.29, 1.82) is 0 Å². The molecule has 154 valence electrons. The lowest BCUT2D eigenvalue weighted by Crippen LogP contribution is -2.31. The predicted octanol–water partition coefficient (Wildman–Crippen LogP) is 2.44. The number of hydrogen-bond donors (Lipinski definition) is 1. The van der Waals surface area contributed by atoms with Crippen LogP contribution in [0.3, 0.4) is 0 Å². The maximum atomic E-state index is 12.8. The van der Waals surface area contributed by atoms with Gasteiger partial charge in [-0.2, -0.15) is 5.10 Å². The van der Waals surface area contributed by atoms with E-state index in [1.807, 2.05) is 43.8 Å². The van der Waals surface area contributed by atoms with Crippen molar-refractivity contribution in [3.05, 3.63) is 69.5 Å². The van der Waals surface area contributed by atoms with Crippen LogP contribution in [0.2, 0.25) is 0 Å². The van der Waals surface area contributed by atoms with Crippen molar-refractivity contribution in [1.82, 2.24) is 29.5 Å². The van der Waals surface area contributed by atoms with E-state index in [9.17, 15) is 9.59 Å². The van der Waals surface area contributed by atoms with E-state index in [0.717, 1.165) is 35.4 Å². The zero-order valence-corrected chi connectivity index (χ0v) is 17.3. The van der Waals surface area contributed by atoms with Crippen LogP contribution >= 0.6 is 0 Å². The number of aryl methyl sites for hydroxylation is 4. The number of pyridine rings is 2. The Bertz CT molecular complexity index is 1300. The second-order valence-corrected chi connectivity index (χ2v) is 7.39. The van der Waals surface area contributed by atoms with E-state index >= 15 is 0 Å². The summed E-state index contributed by atoms with van der Waals surface area (Å²) in [5.41, 5.74) is 4.08. The summed E-state index contributed by atoms with van der Waals surface area (Å²) >= 11 is 0. The Hall–Kier alpha value is -3.55. The van der Waals surface area contributed by atoms with Gasteiger partial charge in [0.05, 0.1) is 11.1 Å². The Morgan fingerprint density at radius 3 is 2.80 bits per heavy atom. The average Bonchev–Trinajstić information content (AvgIpc) is 3.10. The average molecular weight is 404 g/mol. The molecule has 0 aliphatic rings. The number of nitrogens with zero attached hydrogens (tertiary/aromatic N) is 5. The molecule has 4 rings (SSSR count). The molecule has 8 heteroatoms. The number of carbonyl (C=O) groups excluding carboxylic acids is 1. The van der Waals surface area contributed by atoms with E-state index in [2.05, 4.69) is 20.4 Å². The summed E-state index contributed by atoms with van der Waals surface area (Å²) in [6, 6.07) is 5.45. The van der Waals surface area contributed by atoms with Crippen LogP contribution in [0.4, 0.5) is 0 Å². The van der Waals surface area contributed by atoms with Gasteiger partial charge in [0.2, 0.25) is 5.43 Å². The van der Waals surface area contributed by atoms with Gasteiger partial charge in [-0.3, -0.25) is 9.59 Å². The highest BCUT2D eigenvalue weighted by atomic mass is 16.2. The molecule has 0 unspecified atom stereocenters. The Kier molecular flexibility index (Phi) is 5.31. The summed E-state index contributed by atoms with van der Waals surface area (Å²) in [7, 11) is 0. The van der Waals surface area contributed by atoms with Crippen LogP contribution in [0.1, 0.15) is 40.7 Å². The standard InChI is InChI=1S/C22H24N6O2/c1-4-27-13-18(20(29)17-8-7-14(2)25-21(17)27)22(30)23-9-5-6-16-11-24-19-10-15(3)26-28(19)12-16/h7-8,10-13H,4-6,9H2,1-3H3,(H,23,30). The van der Waals surface area contributed by atoms with Gasteiger partial charge < -0.3 is 9.88 Å². The zero-order chi connectivity index (χ0) is 21.3. The molecule has 0 aliphatic heterocycles. The molecule has 4 aromatic heterocycles. The first-order valence-electron chi connectivity index (χ1n) is 10.1. The molecule has 0 atom stereocenters. The minimum atomic E-state index is -0.360. The van der Waals surface area contributed by atoms with Crippen LogP contribution in [0.25, 0.3) is 16.7 Å². The highest BCUT2D eigenvalue weighted by molar-refractivity contribution is 5.96. The van der Waals surface area contributed by atoms with Crippen molar-refractivity contribution < 1.29 is 4.79 Å². The molecule has 0 spiro atoms. The molecule has 0 saturated heterocycles. The Morgan fingerprint density at radius 1 is 1.17 bits per heavy atom. The molecule has 0 fully saturated rings. The van der Waals surface area contributed by atoms with Gasteiger partial charge in [0.1, 0.15) is 11.2 Å². The van der Waals surface area contributed by atoms with Crippen molar-refractivity contribution in [2.45, 2.75) is 40.2 Å². The van der Waals surface area contributed by atoms with Crippen LogP contribution in [0.5, 0.6) is 0 Å². The third-order valence-electron chi connectivity index (χ3n) is 5.06. The van der Waals surface area contributed by atoms with Crippen molar-refractivity contribution >= 4 is 22.6 Å². The predicted molar refractivity (Wildman–Crippen MR) is 115 cm³/mol. The van der Waals surface area contributed by atoms with Gasteiger partial charge in [-0.25, -0.2) is 14.5 Å². The van der Waals surface area contributed by atoms with Gasteiger partial charge in [0, 0.05) is 43.4 Å². The lowest BCUT2D eigenvalue weighted by Gasteiger charge is -2.11. The number of carbonyl (C=O) groups is 1. The molecular weight excluding hydrogens is 380 g/mol. The number of nitrogens with one attached hydrogen (secondary N) is 1. The van der Waals surface area contributed by atoms with E-state index in [1.165, 1.54) is 0 Å². The first-order chi connectivity index (χ1) is 14.5. The summed E-state index contributed by atoms with van der Waals surface area (Å²) in [6.07, 6.45) is 6.87. The normalized spacial score (nSPS) is 11.3. The number of amides is 1. The maximum absolute atomic E-state index is 12.8.